The summed E-state index contributed by atoms with van der Waals surface area (Å²) in [4.78, 5) is 25.2. The molecule has 5 atom stereocenters. The SMILES string of the molecule is Cc1ccc([C@H]2[C@H](O)[C@H](O)[C@H](O)C[SH]2C)cc1Cc1ccc(OCCCC(=O)NC(C)(C)C(=O)NC2CCNCC2)cc1. The number of hydrogen-bond acceptors (Lipinski definition) is 7. The van der Waals surface area contributed by atoms with Crippen molar-refractivity contribution in [2.45, 2.75) is 88.0 Å². The molecule has 2 fully saturated rings. The van der Waals surface area contributed by atoms with Gasteiger partial charge in [0.15, 0.2) is 0 Å². The third kappa shape index (κ3) is 8.95. The monoisotopic (exact) mass is 615 g/mol. The quantitative estimate of drug-likeness (QED) is 0.152. The number of nitrogens with one attached hydrogen (secondary N) is 3. The zero-order valence-electron chi connectivity index (χ0n) is 25.8. The van der Waals surface area contributed by atoms with E-state index in [2.05, 4.69) is 41.3 Å². The number of hydrogen-bond donors (Lipinski definition) is 7. The highest BCUT2D eigenvalue weighted by Crippen LogP contribution is 2.48. The summed E-state index contributed by atoms with van der Waals surface area (Å²) in [6.45, 7) is 7.69. The molecule has 4 rings (SSSR count). The van der Waals surface area contributed by atoms with Crippen LogP contribution in [0.2, 0.25) is 0 Å². The molecule has 2 heterocycles. The molecule has 9 nitrogen and oxygen atoms in total. The summed E-state index contributed by atoms with van der Waals surface area (Å²) < 4.78 is 5.87. The summed E-state index contributed by atoms with van der Waals surface area (Å²) in [6, 6.07) is 14.3. The van der Waals surface area contributed by atoms with Crippen LogP contribution in [0.3, 0.4) is 0 Å². The van der Waals surface area contributed by atoms with Crippen LogP contribution in [-0.4, -0.2) is 88.7 Å². The van der Waals surface area contributed by atoms with Crippen molar-refractivity contribution < 1.29 is 29.6 Å². The Morgan fingerprint density at radius 3 is 2.44 bits per heavy atom. The first-order chi connectivity index (χ1) is 20.4. The second kappa shape index (κ2) is 14.9. The largest absolute Gasteiger partial charge is 0.494 e. The summed E-state index contributed by atoms with van der Waals surface area (Å²) in [7, 11) is -0.669. The number of amides is 2. The summed E-state index contributed by atoms with van der Waals surface area (Å²) in [6.07, 6.45) is 2.39. The molecule has 0 bridgehead atoms. The van der Waals surface area contributed by atoms with Gasteiger partial charge in [-0.25, -0.2) is 10.9 Å². The molecule has 0 aliphatic carbocycles. The lowest BCUT2D eigenvalue weighted by Gasteiger charge is -2.42. The summed E-state index contributed by atoms with van der Waals surface area (Å²) in [5.41, 5.74) is 3.45. The van der Waals surface area contributed by atoms with Crippen LogP contribution in [0.15, 0.2) is 42.5 Å². The summed E-state index contributed by atoms with van der Waals surface area (Å²) in [5.74, 6) is 0.906. The predicted molar refractivity (Wildman–Crippen MR) is 172 cm³/mol. The molecule has 43 heavy (non-hydrogen) atoms. The molecule has 2 aromatic carbocycles. The Bertz CT molecular complexity index is 1230. The molecule has 2 aromatic rings. The van der Waals surface area contributed by atoms with Crippen molar-refractivity contribution in [3.05, 3.63) is 64.7 Å². The average Bonchev–Trinajstić information content (AvgIpc) is 2.97. The van der Waals surface area contributed by atoms with Crippen LogP contribution in [0, 0.1) is 6.92 Å². The summed E-state index contributed by atoms with van der Waals surface area (Å²) >= 11 is 0. The number of aryl methyl sites for hydroxylation is 1. The minimum atomic E-state index is -1.13. The van der Waals surface area contributed by atoms with E-state index in [4.69, 9.17) is 4.74 Å². The smallest absolute Gasteiger partial charge is 0.245 e. The fourth-order valence-electron chi connectivity index (χ4n) is 5.86. The van der Waals surface area contributed by atoms with Crippen molar-refractivity contribution in [1.82, 2.24) is 16.0 Å². The molecule has 0 aromatic heterocycles. The fraction of sp³-hybridized carbons (Fsp3) is 0.576. The highest BCUT2D eigenvalue weighted by atomic mass is 32.2. The van der Waals surface area contributed by atoms with Gasteiger partial charge in [-0.1, -0.05) is 30.3 Å². The first kappa shape index (κ1) is 33.3. The van der Waals surface area contributed by atoms with E-state index in [1.807, 2.05) is 30.3 Å². The van der Waals surface area contributed by atoms with Gasteiger partial charge in [0.2, 0.25) is 11.8 Å². The van der Waals surface area contributed by atoms with Crippen molar-refractivity contribution in [2.75, 3.05) is 31.7 Å². The minimum absolute atomic E-state index is 0.143. The number of rotatable bonds is 11. The lowest BCUT2D eigenvalue weighted by atomic mass is 9.94. The number of thiol groups is 1. The molecule has 2 aliphatic rings. The van der Waals surface area contributed by atoms with E-state index in [1.54, 1.807) is 13.8 Å². The second-order valence-corrected chi connectivity index (χ2v) is 15.0. The Morgan fingerprint density at radius 2 is 1.74 bits per heavy atom. The van der Waals surface area contributed by atoms with Crippen LogP contribution in [0.1, 0.15) is 67.0 Å². The van der Waals surface area contributed by atoms with Gasteiger partial charge < -0.3 is 36.0 Å². The van der Waals surface area contributed by atoms with Gasteiger partial charge in [0, 0.05) is 23.5 Å². The van der Waals surface area contributed by atoms with Crippen LogP contribution in [0.5, 0.6) is 5.75 Å². The number of carbonyl (C=O) groups is 2. The van der Waals surface area contributed by atoms with E-state index < -0.39 is 34.7 Å². The van der Waals surface area contributed by atoms with Gasteiger partial charge in [0.1, 0.15) is 17.4 Å². The Balaban J connectivity index is 1.23. The van der Waals surface area contributed by atoms with Gasteiger partial charge >= 0.3 is 0 Å². The van der Waals surface area contributed by atoms with E-state index in [1.165, 1.54) is 0 Å². The van der Waals surface area contributed by atoms with E-state index in [0.717, 1.165) is 60.4 Å². The van der Waals surface area contributed by atoms with Gasteiger partial charge in [-0.3, -0.25) is 9.59 Å². The zero-order chi connectivity index (χ0) is 31.1. The molecular weight excluding hydrogens is 566 g/mol. The van der Waals surface area contributed by atoms with Crippen molar-refractivity contribution in [1.29, 1.82) is 0 Å². The molecule has 238 valence electrons. The Kier molecular flexibility index (Phi) is 11.5. The highest BCUT2D eigenvalue weighted by Gasteiger charge is 2.40. The van der Waals surface area contributed by atoms with E-state index in [0.29, 0.717) is 18.8 Å². The van der Waals surface area contributed by atoms with Gasteiger partial charge in [0.25, 0.3) is 0 Å². The van der Waals surface area contributed by atoms with Crippen LogP contribution in [0.25, 0.3) is 0 Å². The van der Waals surface area contributed by atoms with E-state index >= 15 is 0 Å². The maximum Gasteiger partial charge on any atom is 0.245 e. The lowest BCUT2D eigenvalue weighted by molar-refractivity contribution is -0.133. The number of aliphatic hydroxyl groups excluding tert-OH is 3. The molecular formula is C33H49N3O6S. The molecule has 0 saturated carbocycles. The molecule has 1 unspecified atom stereocenters. The molecule has 0 spiro atoms. The third-order valence-electron chi connectivity index (χ3n) is 8.56. The van der Waals surface area contributed by atoms with Crippen molar-refractivity contribution in [3.8, 4) is 5.75 Å². The Hall–Kier alpha value is -2.63. The average molecular weight is 616 g/mol. The van der Waals surface area contributed by atoms with Gasteiger partial charge in [-0.05, 0) is 100 Å². The molecule has 2 aliphatic heterocycles. The van der Waals surface area contributed by atoms with Crippen LogP contribution >= 0.6 is 10.9 Å². The van der Waals surface area contributed by atoms with Crippen LogP contribution < -0.4 is 20.7 Å². The maximum absolute atomic E-state index is 12.7. The first-order valence-electron chi connectivity index (χ1n) is 15.3. The Morgan fingerprint density at radius 1 is 1.05 bits per heavy atom. The van der Waals surface area contributed by atoms with Gasteiger partial charge in [0.05, 0.1) is 18.8 Å². The molecule has 10 heteroatoms. The van der Waals surface area contributed by atoms with Crippen molar-refractivity contribution in [3.63, 3.8) is 0 Å². The predicted octanol–water partition coefficient (Wildman–Crippen LogP) is 2.28. The number of ether oxygens (including phenoxy) is 1. The number of benzene rings is 2. The number of aliphatic hydroxyl groups is 3. The Labute approximate surface area is 258 Å². The van der Waals surface area contributed by atoms with Crippen LogP contribution in [-0.2, 0) is 16.0 Å². The van der Waals surface area contributed by atoms with E-state index in [-0.39, 0.29) is 29.5 Å². The number of piperidine rings is 1. The maximum atomic E-state index is 12.7. The third-order valence-corrected chi connectivity index (χ3v) is 11.1. The van der Waals surface area contributed by atoms with Crippen molar-refractivity contribution >= 4 is 22.7 Å². The normalized spacial score (nSPS) is 25.6. The van der Waals surface area contributed by atoms with Crippen LogP contribution in [0.4, 0.5) is 0 Å². The molecule has 0 radical (unpaired) electrons. The zero-order valence-corrected chi connectivity index (χ0v) is 26.7. The molecule has 2 amide bonds. The summed E-state index contributed by atoms with van der Waals surface area (Å²) in [5, 5.41) is 40.0. The van der Waals surface area contributed by atoms with E-state index in [9.17, 15) is 24.9 Å². The van der Waals surface area contributed by atoms with Crippen molar-refractivity contribution in [2.24, 2.45) is 0 Å². The van der Waals surface area contributed by atoms with Gasteiger partial charge in [-0.2, -0.15) is 0 Å². The topological polar surface area (TPSA) is 140 Å². The lowest BCUT2D eigenvalue weighted by Crippen LogP contribution is -2.57. The highest BCUT2D eigenvalue weighted by molar-refractivity contribution is 8.16. The number of carbonyl (C=O) groups excluding carboxylic acids is 2. The molecule has 2 saturated heterocycles. The first-order valence-corrected chi connectivity index (χ1v) is 17.4. The fourth-order valence-corrected chi connectivity index (χ4v) is 8.26. The molecule has 6 N–H and O–H groups in total. The van der Waals surface area contributed by atoms with Gasteiger partial charge in [-0.15, -0.1) is 0 Å². The second-order valence-electron chi connectivity index (χ2n) is 12.6. The standard InChI is InChI=1S/C33H49N3O6S/c1-21-7-10-23(31-30(40)29(39)27(37)20-43(31)4)19-24(21)18-22-8-11-26(12-9-22)42-17-5-6-28(38)36-33(2,3)32(41)35-25-13-15-34-16-14-25/h7-12,19,25,27,29-31,34,37,39-40,43H,5-6,13-18,20H2,1-4H3,(H,35,41)(H,36,38)/t27-,29-,30-,31+/m1/s1. The minimum Gasteiger partial charge on any atom is -0.494 e.